The molecule has 1 aliphatic rings. The van der Waals surface area contributed by atoms with Gasteiger partial charge in [-0.25, -0.2) is 12.8 Å². The van der Waals surface area contributed by atoms with Crippen LogP contribution in [0.3, 0.4) is 0 Å². The summed E-state index contributed by atoms with van der Waals surface area (Å²) in [7, 11) is -1.43. The number of methoxy groups -OCH3 is 1. The molecule has 10 heteroatoms. The van der Waals surface area contributed by atoms with E-state index in [4.69, 9.17) is 4.74 Å². The molecule has 1 aliphatic heterocycles. The van der Waals surface area contributed by atoms with Gasteiger partial charge in [-0.3, -0.25) is 14.3 Å². The highest BCUT2D eigenvalue weighted by molar-refractivity contribution is 7.73. The van der Waals surface area contributed by atoms with Crippen LogP contribution in [0.2, 0.25) is 0 Å². The van der Waals surface area contributed by atoms with Crippen molar-refractivity contribution < 1.29 is 27.1 Å². The molecular weight excluding hydrogens is 413 g/mol. The summed E-state index contributed by atoms with van der Waals surface area (Å²) in [6.45, 7) is 1.44. The van der Waals surface area contributed by atoms with Crippen LogP contribution < -0.4 is 9.46 Å². The van der Waals surface area contributed by atoms with Crippen LogP contribution in [0.4, 0.5) is 10.1 Å². The number of halogens is 1. The Bertz CT molecular complexity index is 1000. The second-order valence-electron chi connectivity index (χ2n) is 6.71. The number of rotatable bonds is 5. The monoisotopic (exact) mass is 435 g/mol. The molecule has 160 valence electrons. The van der Waals surface area contributed by atoms with Crippen LogP contribution in [0, 0.1) is 5.82 Å². The van der Waals surface area contributed by atoms with Crippen LogP contribution in [0.15, 0.2) is 42.5 Å². The summed E-state index contributed by atoms with van der Waals surface area (Å²) in [4.78, 5) is 28.7. The molecule has 1 fully saturated rings. The lowest BCUT2D eigenvalue weighted by atomic mass is 10.1. The summed E-state index contributed by atoms with van der Waals surface area (Å²) in [5.41, 5.74) is 0.727. The van der Waals surface area contributed by atoms with E-state index in [2.05, 4.69) is 4.72 Å². The lowest BCUT2D eigenvalue weighted by molar-refractivity contribution is 0.0715. The minimum atomic E-state index is -2.77. The number of thiol groups is 1. The predicted molar refractivity (Wildman–Crippen MR) is 110 cm³/mol. The van der Waals surface area contributed by atoms with Crippen LogP contribution >= 0.6 is 0 Å². The van der Waals surface area contributed by atoms with Gasteiger partial charge in [0.1, 0.15) is 0 Å². The van der Waals surface area contributed by atoms with E-state index < -0.39 is 22.6 Å². The van der Waals surface area contributed by atoms with Crippen LogP contribution in [-0.4, -0.2) is 63.3 Å². The fourth-order valence-corrected chi connectivity index (χ4v) is 3.66. The zero-order valence-electron chi connectivity index (χ0n) is 16.3. The van der Waals surface area contributed by atoms with Crippen LogP contribution in [-0.2, 0) is 10.9 Å². The van der Waals surface area contributed by atoms with Crippen LogP contribution in [0.25, 0.3) is 0 Å². The summed E-state index contributed by atoms with van der Waals surface area (Å²) in [6, 6.07) is 10.5. The first-order chi connectivity index (χ1) is 14.4. The van der Waals surface area contributed by atoms with Gasteiger partial charge < -0.3 is 14.5 Å². The Morgan fingerprint density at radius 1 is 0.967 bits per heavy atom. The molecule has 0 atom stereocenters. The predicted octanol–water partition coefficient (Wildman–Crippen LogP) is 1.76. The number of anilines is 1. The maximum atomic E-state index is 14.4. The Hall–Kier alpha value is -3.14. The SMILES string of the molecule is COc1cccc(C(=O)N2CCCN(C(=O)c3ccc(N[SH](=O)=O)cc3)CC2)c1F. The van der Waals surface area contributed by atoms with Crippen molar-refractivity contribution in [3.8, 4) is 5.75 Å². The van der Waals surface area contributed by atoms with Gasteiger partial charge in [0.2, 0.25) is 10.9 Å². The summed E-state index contributed by atoms with van der Waals surface area (Å²) < 4.78 is 43.0. The summed E-state index contributed by atoms with van der Waals surface area (Å²) >= 11 is 0. The molecule has 0 aromatic heterocycles. The highest BCUT2D eigenvalue weighted by Crippen LogP contribution is 2.22. The molecular formula is C20H22FN3O5S. The summed E-state index contributed by atoms with van der Waals surface area (Å²) in [5, 5.41) is 0. The number of carbonyl (C=O) groups excluding carboxylic acids is 2. The number of nitrogens with zero attached hydrogens (tertiary/aromatic N) is 2. The highest BCUT2D eigenvalue weighted by atomic mass is 32.2. The third-order valence-corrected chi connectivity index (χ3v) is 5.28. The second-order valence-corrected chi connectivity index (χ2v) is 7.44. The molecule has 1 saturated heterocycles. The molecule has 0 saturated carbocycles. The highest BCUT2D eigenvalue weighted by Gasteiger charge is 2.26. The van der Waals surface area contributed by atoms with E-state index in [-0.39, 0.29) is 23.8 Å². The maximum Gasteiger partial charge on any atom is 0.257 e. The molecule has 3 rings (SSSR count). The third-order valence-electron chi connectivity index (χ3n) is 4.84. The Morgan fingerprint density at radius 2 is 1.60 bits per heavy atom. The number of hydrogen-bond donors (Lipinski definition) is 2. The van der Waals surface area contributed by atoms with Gasteiger partial charge >= 0.3 is 0 Å². The van der Waals surface area contributed by atoms with E-state index in [9.17, 15) is 22.4 Å². The molecule has 2 aromatic carbocycles. The smallest absolute Gasteiger partial charge is 0.257 e. The van der Waals surface area contributed by atoms with Gasteiger partial charge in [-0.2, -0.15) is 0 Å². The Labute approximate surface area is 175 Å². The zero-order chi connectivity index (χ0) is 21.7. The van der Waals surface area contributed by atoms with Gasteiger partial charge in [0.05, 0.1) is 12.7 Å². The first-order valence-electron chi connectivity index (χ1n) is 9.33. The largest absolute Gasteiger partial charge is 0.494 e. The number of carbonyl (C=O) groups is 2. The van der Waals surface area contributed by atoms with Gasteiger partial charge in [-0.05, 0) is 42.8 Å². The van der Waals surface area contributed by atoms with Crippen molar-refractivity contribution in [2.45, 2.75) is 6.42 Å². The van der Waals surface area contributed by atoms with E-state index in [0.29, 0.717) is 37.3 Å². The first kappa shape index (κ1) is 21.6. The van der Waals surface area contributed by atoms with Crippen molar-refractivity contribution in [2.75, 3.05) is 38.0 Å². The Kier molecular flexibility index (Phi) is 6.88. The van der Waals surface area contributed by atoms with Crippen molar-refractivity contribution in [3.63, 3.8) is 0 Å². The number of hydrogen-bond acceptors (Lipinski definition) is 5. The normalized spacial score (nSPS) is 14.4. The Morgan fingerprint density at radius 3 is 2.20 bits per heavy atom. The molecule has 0 aliphatic carbocycles. The van der Waals surface area contributed by atoms with E-state index >= 15 is 0 Å². The average molecular weight is 435 g/mol. The number of benzene rings is 2. The van der Waals surface area contributed by atoms with Gasteiger partial charge in [-0.1, -0.05) is 6.07 Å². The minimum Gasteiger partial charge on any atom is -0.494 e. The van der Waals surface area contributed by atoms with Crippen molar-refractivity contribution in [3.05, 3.63) is 59.4 Å². The minimum absolute atomic E-state index is 0.00642. The molecule has 2 aromatic rings. The van der Waals surface area contributed by atoms with E-state index in [1.807, 2.05) is 0 Å². The fourth-order valence-electron chi connectivity index (χ4n) is 3.30. The van der Waals surface area contributed by atoms with Crippen LogP contribution in [0.1, 0.15) is 27.1 Å². The second kappa shape index (κ2) is 9.57. The topological polar surface area (TPSA) is 96.0 Å². The summed E-state index contributed by atoms with van der Waals surface area (Å²) in [6.07, 6.45) is 0.555. The molecule has 1 heterocycles. The number of nitrogens with one attached hydrogen (secondary N) is 1. The molecule has 8 nitrogen and oxygen atoms in total. The number of ether oxygens (including phenoxy) is 1. The lowest BCUT2D eigenvalue weighted by Gasteiger charge is -2.22. The average Bonchev–Trinajstić information content (AvgIpc) is 2.99. The lowest BCUT2D eigenvalue weighted by Crippen LogP contribution is -2.37. The first-order valence-corrected chi connectivity index (χ1v) is 10.5. The van der Waals surface area contributed by atoms with Crippen LogP contribution in [0.5, 0.6) is 5.75 Å². The van der Waals surface area contributed by atoms with Crippen molar-refractivity contribution in [2.24, 2.45) is 0 Å². The van der Waals surface area contributed by atoms with Crippen molar-refractivity contribution in [1.82, 2.24) is 9.80 Å². The molecule has 0 radical (unpaired) electrons. The third kappa shape index (κ3) is 4.88. The molecule has 1 N–H and O–H groups in total. The maximum absolute atomic E-state index is 14.4. The summed E-state index contributed by atoms with van der Waals surface area (Å²) in [5.74, 6) is -1.35. The molecule has 0 spiro atoms. The number of amides is 2. The molecule has 0 unspecified atom stereocenters. The van der Waals surface area contributed by atoms with Gasteiger partial charge in [-0.15, -0.1) is 0 Å². The van der Waals surface area contributed by atoms with Crippen molar-refractivity contribution >= 4 is 28.4 Å². The van der Waals surface area contributed by atoms with E-state index in [0.717, 1.165) is 0 Å². The van der Waals surface area contributed by atoms with E-state index in [1.54, 1.807) is 23.1 Å². The van der Waals surface area contributed by atoms with Gasteiger partial charge in [0.15, 0.2) is 11.6 Å². The fraction of sp³-hybridized carbons (Fsp3) is 0.300. The Balaban J connectivity index is 1.67. The standard InChI is InChI=1S/C20H22FN3O5S/c1-29-17-5-2-4-16(18(17)21)20(26)24-11-3-10-23(12-13-24)19(25)14-6-8-15(9-7-14)22-30(27)28/h2,4-9,30H,3,10-13H2,1H3,(H,22,27,28). The molecule has 0 bridgehead atoms. The molecule has 30 heavy (non-hydrogen) atoms. The van der Waals surface area contributed by atoms with E-state index in [1.165, 1.54) is 36.3 Å². The molecule has 2 amide bonds. The van der Waals surface area contributed by atoms with Gasteiger partial charge in [0.25, 0.3) is 11.8 Å². The quantitative estimate of drug-likeness (QED) is 0.698. The van der Waals surface area contributed by atoms with Crippen molar-refractivity contribution in [1.29, 1.82) is 0 Å². The zero-order valence-corrected chi connectivity index (χ0v) is 17.2. The van der Waals surface area contributed by atoms with Gasteiger partial charge in [0, 0.05) is 37.4 Å².